The minimum absolute atomic E-state index is 0.00210. The first-order valence-electron chi connectivity index (χ1n) is 7.23. The molecule has 1 aliphatic rings. The molecule has 4 N–H and O–H groups in total. The third-order valence-corrected chi connectivity index (χ3v) is 3.99. The van der Waals surface area contributed by atoms with Crippen molar-refractivity contribution < 1.29 is 14.7 Å². The quantitative estimate of drug-likeness (QED) is 0.736. The summed E-state index contributed by atoms with van der Waals surface area (Å²) in [5, 5.41) is 11.6. The predicted molar refractivity (Wildman–Crippen MR) is 76.7 cm³/mol. The van der Waals surface area contributed by atoms with E-state index in [1.54, 1.807) is 4.57 Å². The van der Waals surface area contributed by atoms with Crippen LogP contribution in [-0.4, -0.2) is 38.6 Å². The maximum atomic E-state index is 12.2. The van der Waals surface area contributed by atoms with Crippen LogP contribution in [0.25, 0.3) is 0 Å². The van der Waals surface area contributed by atoms with E-state index in [2.05, 4.69) is 17.2 Å². The van der Waals surface area contributed by atoms with Crippen molar-refractivity contribution in [1.82, 2.24) is 14.9 Å². The van der Waals surface area contributed by atoms with Gasteiger partial charge in [-0.25, -0.2) is 9.78 Å². The van der Waals surface area contributed by atoms with Crippen LogP contribution in [0.15, 0.2) is 12.5 Å². The molecule has 0 radical (unpaired) electrons. The molecule has 1 fully saturated rings. The number of imidazole rings is 1. The van der Waals surface area contributed by atoms with Crippen molar-refractivity contribution in [2.24, 2.45) is 11.7 Å². The van der Waals surface area contributed by atoms with E-state index >= 15 is 0 Å². The summed E-state index contributed by atoms with van der Waals surface area (Å²) in [5.41, 5.74) is 5.44. The van der Waals surface area contributed by atoms with Crippen LogP contribution in [0, 0.1) is 5.92 Å². The van der Waals surface area contributed by atoms with Gasteiger partial charge in [0.05, 0.1) is 11.9 Å². The largest absolute Gasteiger partial charge is 0.476 e. The van der Waals surface area contributed by atoms with Crippen LogP contribution in [0.5, 0.6) is 0 Å². The van der Waals surface area contributed by atoms with Crippen molar-refractivity contribution in [2.75, 3.05) is 6.54 Å². The van der Waals surface area contributed by atoms with Gasteiger partial charge in [-0.3, -0.25) is 4.79 Å². The topological polar surface area (TPSA) is 110 Å². The van der Waals surface area contributed by atoms with Crippen LogP contribution in [-0.2, 0) is 11.3 Å². The van der Waals surface area contributed by atoms with E-state index < -0.39 is 11.5 Å². The fourth-order valence-electron chi connectivity index (χ4n) is 2.87. The van der Waals surface area contributed by atoms with Crippen LogP contribution >= 0.6 is 0 Å². The number of nitrogens with one attached hydrogen (secondary N) is 1. The summed E-state index contributed by atoms with van der Waals surface area (Å²) in [7, 11) is 0. The van der Waals surface area contributed by atoms with Crippen LogP contribution in [0.4, 0.5) is 0 Å². The summed E-state index contributed by atoms with van der Waals surface area (Å²) in [6.07, 6.45) is 6.42. The zero-order chi connectivity index (χ0) is 15.5. The molecule has 0 aliphatic heterocycles. The lowest BCUT2D eigenvalue weighted by atomic mass is 9.76. The Hall–Kier alpha value is -1.89. The fourth-order valence-corrected chi connectivity index (χ4v) is 2.87. The second-order valence-corrected chi connectivity index (χ2v) is 5.92. The molecular weight excluding hydrogens is 272 g/mol. The minimum Gasteiger partial charge on any atom is -0.476 e. The van der Waals surface area contributed by atoms with Crippen molar-refractivity contribution in [3.8, 4) is 0 Å². The van der Waals surface area contributed by atoms with Crippen molar-refractivity contribution in [2.45, 2.75) is 44.7 Å². The maximum Gasteiger partial charge on any atom is 0.356 e. The molecule has 21 heavy (non-hydrogen) atoms. The first kappa shape index (κ1) is 15.5. The Morgan fingerprint density at radius 1 is 1.62 bits per heavy atom. The molecule has 0 spiro atoms. The Morgan fingerprint density at radius 2 is 2.38 bits per heavy atom. The predicted octanol–water partition coefficient (Wildman–Crippen LogP) is 0.605. The number of carbonyl (C=O) groups excluding carboxylic acids is 1. The van der Waals surface area contributed by atoms with E-state index in [-0.39, 0.29) is 11.6 Å². The molecule has 116 valence electrons. The van der Waals surface area contributed by atoms with E-state index in [4.69, 9.17) is 10.8 Å². The van der Waals surface area contributed by atoms with Gasteiger partial charge in [0.1, 0.15) is 0 Å². The van der Waals surface area contributed by atoms with E-state index in [0.29, 0.717) is 25.4 Å². The number of aromatic nitrogens is 2. The smallest absolute Gasteiger partial charge is 0.356 e. The molecule has 1 heterocycles. The van der Waals surface area contributed by atoms with Crippen LogP contribution in [0.3, 0.4) is 0 Å². The number of carboxylic acids is 1. The van der Waals surface area contributed by atoms with E-state index in [0.717, 1.165) is 19.3 Å². The normalized spacial score (nSPS) is 25.5. The Labute approximate surface area is 123 Å². The summed E-state index contributed by atoms with van der Waals surface area (Å²) in [6.45, 7) is 2.99. The average molecular weight is 294 g/mol. The number of carboxylic acid groups (broad SMARTS) is 1. The van der Waals surface area contributed by atoms with Gasteiger partial charge >= 0.3 is 5.97 Å². The zero-order valence-electron chi connectivity index (χ0n) is 12.2. The monoisotopic (exact) mass is 294 g/mol. The highest BCUT2D eigenvalue weighted by Crippen LogP contribution is 2.30. The number of carbonyl (C=O) groups is 2. The fraction of sp³-hybridized carbons (Fsp3) is 0.643. The SMILES string of the molecule is CC1CCCC(N)(C(=O)NCCn2cnc(C(=O)O)c2)C1. The van der Waals surface area contributed by atoms with Gasteiger partial charge in [0.2, 0.25) is 5.91 Å². The second kappa shape index (κ2) is 6.26. The van der Waals surface area contributed by atoms with Crippen LogP contribution in [0.1, 0.15) is 43.1 Å². The third-order valence-electron chi connectivity index (χ3n) is 3.99. The summed E-state index contributed by atoms with van der Waals surface area (Å²) in [6, 6.07) is 0. The van der Waals surface area contributed by atoms with Crippen molar-refractivity contribution in [1.29, 1.82) is 0 Å². The van der Waals surface area contributed by atoms with E-state index in [1.807, 2.05) is 0 Å². The van der Waals surface area contributed by atoms with Gasteiger partial charge in [0.25, 0.3) is 0 Å². The van der Waals surface area contributed by atoms with Gasteiger partial charge in [0, 0.05) is 19.3 Å². The molecule has 1 aromatic heterocycles. The molecule has 1 aliphatic carbocycles. The molecule has 1 saturated carbocycles. The van der Waals surface area contributed by atoms with Gasteiger partial charge in [-0.05, 0) is 18.8 Å². The van der Waals surface area contributed by atoms with Crippen molar-refractivity contribution in [3.63, 3.8) is 0 Å². The summed E-state index contributed by atoms with van der Waals surface area (Å²) in [4.78, 5) is 26.7. The number of amides is 1. The summed E-state index contributed by atoms with van der Waals surface area (Å²) < 4.78 is 1.64. The molecule has 7 nitrogen and oxygen atoms in total. The Bertz CT molecular complexity index is 528. The molecule has 7 heteroatoms. The van der Waals surface area contributed by atoms with Crippen LogP contribution in [0.2, 0.25) is 0 Å². The lowest BCUT2D eigenvalue weighted by Crippen LogP contribution is -2.56. The molecular formula is C14H22N4O3. The lowest BCUT2D eigenvalue weighted by molar-refractivity contribution is -0.128. The highest BCUT2D eigenvalue weighted by atomic mass is 16.4. The highest BCUT2D eigenvalue weighted by molar-refractivity contribution is 5.86. The Balaban J connectivity index is 1.82. The first-order valence-corrected chi connectivity index (χ1v) is 7.23. The molecule has 1 aromatic rings. The molecule has 2 atom stereocenters. The molecule has 0 aromatic carbocycles. The zero-order valence-corrected chi connectivity index (χ0v) is 12.2. The molecule has 1 amide bonds. The highest BCUT2D eigenvalue weighted by Gasteiger charge is 2.37. The standard InChI is InChI=1S/C14H22N4O3/c1-10-3-2-4-14(15,7-10)13(21)16-5-6-18-8-11(12(19)20)17-9-18/h8-10H,2-7,15H2,1H3,(H,16,21)(H,19,20). The molecule has 2 rings (SSSR count). The average Bonchev–Trinajstić information content (AvgIpc) is 2.87. The molecule has 0 saturated heterocycles. The summed E-state index contributed by atoms with van der Waals surface area (Å²) >= 11 is 0. The minimum atomic E-state index is -1.06. The van der Waals surface area contributed by atoms with E-state index in [1.165, 1.54) is 12.5 Å². The first-order chi connectivity index (χ1) is 9.90. The number of aromatic carboxylic acids is 1. The molecule has 2 unspecified atom stereocenters. The lowest BCUT2D eigenvalue weighted by Gasteiger charge is -2.35. The van der Waals surface area contributed by atoms with Gasteiger partial charge in [-0.15, -0.1) is 0 Å². The van der Waals surface area contributed by atoms with Gasteiger partial charge < -0.3 is 20.7 Å². The third kappa shape index (κ3) is 3.81. The van der Waals surface area contributed by atoms with Crippen molar-refractivity contribution in [3.05, 3.63) is 18.2 Å². The second-order valence-electron chi connectivity index (χ2n) is 5.92. The number of hydrogen-bond acceptors (Lipinski definition) is 4. The Kier molecular flexibility index (Phi) is 4.62. The van der Waals surface area contributed by atoms with Gasteiger partial charge in [-0.1, -0.05) is 19.8 Å². The number of nitrogens with zero attached hydrogens (tertiary/aromatic N) is 2. The van der Waals surface area contributed by atoms with Gasteiger partial charge in [0.15, 0.2) is 5.69 Å². The maximum absolute atomic E-state index is 12.2. The Morgan fingerprint density at radius 3 is 3.00 bits per heavy atom. The van der Waals surface area contributed by atoms with Crippen LogP contribution < -0.4 is 11.1 Å². The van der Waals surface area contributed by atoms with Crippen molar-refractivity contribution >= 4 is 11.9 Å². The number of rotatable bonds is 5. The van der Waals surface area contributed by atoms with E-state index in [9.17, 15) is 9.59 Å². The number of hydrogen-bond donors (Lipinski definition) is 3. The van der Waals surface area contributed by atoms with Gasteiger partial charge in [-0.2, -0.15) is 0 Å². The number of nitrogens with two attached hydrogens (primary N) is 1. The molecule has 0 bridgehead atoms. The summed E-state index contributed by atoms with van der Waals surface area (Å²) in [5.74, 6) is -0.705.